The van der Waals surface area contributed by atoms with E-state index in [1.165, 1.54) is 41.0 Å². The van der Waals surface area contributed by atoms with Gasteiger partial charge in [0, 0.05) is 36.5 Å². The van der Waals surface area contributed by atoms with Crippen LogP contribution in [0.25, 0.3) is 11.3 Å². The molecule has 1 heterocycles. The Morgan fingerprint density at radius 3 is 2.28 bits per heavy atom. The van der Waals surface area contributed by atoms with Crippen molar-refractivity contribution in [3.8, 4) is 11.3 Å². The molecule has 1 atom stereocenters. The van der Waals surface area contributed by atoms with E-state index in [0.29, 0.717) is 6.42 Å². The van der Waals surface area contributed by atoms with E-state index in [1.807, 2.05) is 30.3 Å². The highest BCUT2D eigenvalue weighted by Gasteiger charge is 2.35. The number of benzene rings is 2. The predicted molar refractivity (Wildman–Crippen MR) is 130 cm³/mol. The topological polar surface area (TPSA) is 87.5 Å². The summed E-state index contributed by atoms with van der Waals surface area (Å²) in [6.45, 7) is 5.15. The summed E-state index contributed by atoms with van der Waals surface area (Å²) >= 11 is 0. The van der Waals surface area contributed by atoms with E-state index in [0.717, 1.165) is 11.6 Å². The Hall–Kier alpha value is -3.82. The van der Waals surface area contributed by atoms with Gasteiger partial charge in [-0.1, -0.05) is 36.4 Å². The second-order valence-electron chi connectivity index (χ2n) is 9.52. The highest BCUT2D eigenvalue weighted by molar-refractivity contribution is 5.95. The number of nitrogens with one attached hydrogen (secondary N) is 1. The van der Waals surface area contributed by atoms with Crippen LogP contribution in [0.1, 0.15) is 42.3 Å². The van der Waals surface area contributed by atoms with Gasteiger partial charge in [-0.25, -0.2) is 4.79 Å². The van der Waals surface area contributed by atoms with Gasteiger partial charge in [0.05, 0.1) is 17.3 Å². The minimum atomic E-state index is -4.70. The van der Waals surface area contributed by atoms with Gasteiger partial charge < -0.3 is 15.3 Å². The van der Waals surface area contributed by atoms with Crippen LogP contribution >= 0.6 is 0 Å². The molecule has 0 saturated heterocycles. The highest BCUT2D eigenvalue weighted by atomic mass is 19.4. The number of amides is 2. The highest BCUT2D eigenvalue weighted by Crippen LogP contribution is 2.37. The fourth-order valence-corrected chi connectivity index (χ4v) is 3.97. The lowest BCUT2D eigenvalue weighted by Gasteiger charge is -2.36. The van der Waals surface area contributed by atoms with Crippen LogP contribution in [-0.2, 0) is 19.6 Å². The normalized spacial score (nSPS) is 12.8. The molecule has 0 spiro atoms. The van der Waals surface area contributed by atoms with Gasteiger partial charge in [-0.15, -0.1) is 0 Å². The molecular weight excluding hydrogens is 473 g/mol. The van der Waals surface area contributed by atoms with E-state index in [4.69, 9.17) is 0 Å². The van der Waals surface area contributed by atoms with Gasteiger partial charge in [0.2, 0.25) is 0 Å². The average Bonchev–Trinajstić information content (AvgIpc) is 3.21. The first kappa shape index (κ1) is 26.8. The fourth-order valence-electron chi connectivity index (χ4n) is 3.97. The van der Waals surface area contributed by atoms with E-state index in [9.17, 15) is 27.9 Å². The van der Waals surface area contributed by atoms with E-state index in [-0.39, 0.29) is 23.4 Å². The summed E-state index contributed by atoms with van der Waals surface area (Å²) in [6, 6.07) is 13.3. The summed E-state index contributed by atoms with van der Waals surface area (Å²) < 4.78 is 43.1. The van der Waals surface area contributed by atoms with Gasteiger partial charge in [-0.05, 0) is 51.0 Å². The molecule has 0 bridgehead atoms. The number of hydrogen-bond acceptors (Lipinski definition) is 3. The minimum absolute atomic E-state index is 0.0430. The first-order valence-electron chi connectivity index (χ1n) is 11.3. The molecule has 0 aliphatic heterocycles. The van der Waals surface area contributed by atoms with Crippen molar-refractivity contribution in [2.45, 2.75) is 44.9 Å². The first-order valence-corrected chi connectivity index (χ1v) is 11.3. The van der Waals surface area contributed by atoms with Gasteiger partial charge in [0.15, 0.2) is 0 Å². The number of carbonyl (C=O) groups excluding carboxylic acids is 1. The molecule has 36 heavy (non-hydrogen) atoms. The number of alkyl halides is 3. The maximum absolute atomic E-state index is 13.9. The molecule has 0 radical (unpaired) electrons. The van der Waals surface area contributed by atoms with Crippen LogP contribution in [0.2, 0.25) is 0 Å². The zero-order chi connectivity index (χ0) is 26.7. The van der Waals surface area contributed by atoms with Gasteiger partial charge >= 0.3 is 12.3 Å². The molecule has 0 fully saturated rings. The number of nitrogens with zero attached hydrogens (tertiary/aromatic N) is 3. The minimum Gasteiger partial charge on any atom is -0.465 e. The lowest BCUT2D eigenvalue weighted by molar-refractivity contribution is -0.137. The van der Waals surface area contributed by atoms with Crippen LogP contribution in [0.4, 0.5) is 18.0 Å². The van der Waals surface area contributed by atoms with E-state index in [1.54, 1.807) is 20.8 Å². The smallest absolute Gasteiger partial charge is 0.417 e. The molecule has 1 aromatic heterocycles. The van der Waals surface area contributed by atoms with Gasteiger partial charge in [-0.3, -0.25) is 9.48 Å². The van der Waals surface area contributed by atoms with Gasteiger partial charge in [0.25, 0.3) is 5.91 Å². The molecule has 3 rings (SSSR count). The van der Waals surface area contributed by atoms with Gasteiger partial charge in [0.1, 0.15) is 0 Å². The Morgan fingerprint density at radius 2 is 1.75 bits per heavy atom. The molecule has 7 nitrogen and oxygen atoms in total. The number of carboxylic acid groups (broad SMARTS) is 1. The van der Waals surface area contributed by atoms with Crippen molar-refractivity contribution in [3.05, 3.63) is 77.5 Å². The Kier molecular flexibility index (Phi) is 7.76. The second-order valence-corrected chi connectivity index (χ2v) is 9.52. The Labute approximate surface area is 207 Å². The molecule has 2 amide bonds. The summed E-state index contributed by atoms with van der Waals surface area (Å²) in [6.07, 6.45) is -4.17. The summed E-state index contributed by atoms with van der Waals surface area (Å²) in [5.74, 6) is -0.725. The average molecular weight is 503 g/mol. The monoisotopic (exact) mass is 502 g/mol. The Morgan fingerprint density at radius 1 is 1.08 bits per heavy atom. The van der Waals surface area contributed by atoms with Crippen molar-refractivity contribution >= 4 is 12.0 Å². The maximum Gasteiger partial charge on any atom is 0.417 e. The lowest BCUT2D eigenvalue weighted by atomic mass is 9.99. The third-order valence-electron chi connectivity index (χ3n) is 5.79. The number of aryl methyl sites for hydroxylation is 1. The van der Waals surface area contributed by atoms with Crippen molar-refractivity contribution in [2.24, 2.45) is 7.05 Å². The number of carbonyl (C=O) groups is 2. The second kappa shape index (κ2) is 10.4. The van der Waals surface area contributed by atoms with E-state index >= 15 is 0 Å². The SMILES string of the molecule is Cn1nccc1-c1ccc(C(=O)NC(Cc2ccccc2)CN(C(=O)O)C(C)(C)C)cc1C(F)(F)F. The Bertz CT molecular complexity index is 1220. The molecule has 3 aromatic rings. The largest absolute Gasteiger partial charge is 0.465 e. The summed E-state index contributed by atoms with van der Waals surface area (Å²) in [7, 11) is 1.54. The molecule has 192 valence electrons. The third-order valence-corrected chi connectivity index (χ3v) is 5.79. The maximum atomic E-state index is 13.9. The summed E-state index contributed by atoms with van der Waals surface area (Å²) in [5.41, 5.74) is -0.864. The Balaban J connectivity index is 1.94. The number of hydrogen-bond donors (Lipinski definition) is 2. The predicted octanol–water partition coefficient (Wildman–Crippen LogP) is 5.23. The van der Waals surface area contributed by atoms with Crippen molar-refractivity contribution in [1.82, 2.24) is 20.0 Å². The number of aromatic nitrogens is 2. The van der Waals surface area contributed by atoms with Crippen LogP contribution in [0, 0.1) is 0 Å². The molecule has 0 saturated carbocycles. The lowest BCUT2D eigenvalue weighted by Crippen LogP contribution is -2.53. The summed E-state index contributed by atoms with van der Waals surface area (Å²) in [5, 5.41) is 16.4. The van der Waals surface area contributed by atoms with Crippen molar-refractivity contribution in [1.29, 1.82) is 0 Å². The number of rotatable bonds is 7. The van der Waals surface area contributed by atoms with E-state index < -0.39 is 35.3 Å². The first-order chi connectivity index (χ1) is 16.8. The molecule has 0 aliphatic rings. The molecule has 2 aromatic carbocycles. The molecular formula is C26H29F3N4O3. The van der Waals surface area contributed by atoms with Crippen LogP contribution < -0.4 is 5.32 Å². The fraction of sp³-hybridized carbons (Fsp3) is 0.346. The molecule has 2 N–H and O–H groups in total. The van der Waals surface area contributed by atoms with Gasteiger partial charge in [-0.2, -0.15) is 18.3 Å². The zero-order valence-corrected chi connectivity index (χ0v) is 20.5. The molecule has 1 unspecified atom stereocenters. The molecule has 0 aliphatic carbocycles. The van der Waals surface area contributed by atoms with Crippen LogP contribution in [0.3, 0.4) is 0 Å². The van der Waals surface area contributed by atoms with Crippen LogP contribution in [0.15, 0.2) is 60.8 Å². The van der Waals surface area contributed by atoms with E-state index in [2.05, 4.69) is 10.4 Å². The van der Waals surface area contributed by atoms with Crippen LogP contribution in [-0.4, -0.2) is 49.9 Å². The summed E-state index contributed by atoms with van der Waals surface area (Å²) in [4.78, 5) is 26.2. The standard InChI is InChI=1S/C26H29F3N4O3/c1-25(2,3)33(24(35)36)16-19(14-17-8-6-5-7-9-17)31-23(34)18-10-11-20(21(15-18)26(27,28)29)22-12-13-30-32(22)4/h5-13,15,19H,14,16H2,1-4H3,(H,31,34)(H,35,36). The quantitative estimate of drug-likeness (QED) is 0.464. The van der Waals surface area contributed by atoms with Crippen molar-refractivity contribution in [2.75, 3.05) is 6.54 Å². The molecule has 10 heteroatoms. The number of halogens is 3. The van der Waals surface area contributed by atoms with Crippen molar-refractivity contribution < 1.29 is 27.9 Å². The van der Waals surface area contributed by atoms with Crippen molar-refractivity contribution in [3.63, 3.8) is 0 Å². The zero-order valence-electron chi connectivity index (χ0n) is 20.5. The third kappa shape index (κ3) is 6.44. The van der Waals surface area contributed by atoms with Crippen LogP contribution in [0.5, 0.6) is 0 Å².